The lowest BCUT2D eigenvalue weighted by Crippen LogP contribution is -2.06. The largest absolute Gasteiger partial charge is 0.369 e. The van der Waals surface area contributed by atoms with Crippen LogP contribution in [-0.4, -0.2) is 16.5 Å². The summed E-state index contributed by atoms with van der Waals surface area (Å²) < 4.78 is 0. The summed E-state index contributed by atoms with van der Waals surface area (Å²) >= 11 is 0. The lowest BCUT2D eigenvalue weighted by Gasteiger charge is -2.07. The smallest absolute Gasteiger partial charge is 0.145 e. The quantitative estimate of drug-likeness (QED) is 0.851. The molecular formula is C13H17N3. The van der Waals surface area contributed by atoms with Crippen molar-refractivity contribution in [3.63, 3.8) is 0 Å². The van der Waals surface area contributed by atoms with Gasteiger partial charge in [0.1, 0.15) is 5.82 Å². The monoisotopic (exact) mass is 215 g/mol. The SMILES string of the molecule is CC(C)CCNc1cnc2ccccc2n1. The number of fused-ring (bicyclic) bond motifs is 1. The molecule has 1 aromatic heterocycles. The van der Waals surface area contributed by atoms with E-state index < -0.39 is 0 Å². The molecule has 0 bridgehead atoms. The van der Waals surface area contributed by atoms with Crippen molar-refractivity contribution in [2.45, 2.75) is 20.3 Å². The van der Waals surface area contributed by atoms with E-state index in [9.17, 15) is 0 Å². The van der Waals surface area contributed by atoms with Crippen LogP contribution in [0.3, 0.4) is 0 Å². The Morgan fingerprint density at radius 2 is 1.94 bits per heavy atom. The summed E-state index contributed by atoms with van der Waals surface area (Å²) in [4.78, 5) is 8.85. The Labute approximate surface area is 95.9 Å². The fourth-order valence-corrected chi connectivity index (χ4v) is 1.53. The third-order valence-electron chi connectivity index (χ3n) is 2.48. The minimum Gasteiger partial charge on any atom is -0.369 e. The molecule has 0 saturated heterocycles. The number of rotatable bonds is 4. The maximum atomic E-state index is 4.50. The molecule has 0 aliphatic rings. The van der Waals surface area contributed by atoms with Crippen LogP contribution < -0.4 is 5.32 Å². The van der Waals surface area contributed by atoms with Gasteiger partial charge in [0.15, 0.2) is 0 Å². The van der Waals surface area contributed by atoms with Crippen molar-refractivity contribution < 1.29 is 0 Å². The van der Waals surface area contributed by atoms with E-state index in [-0.39, 0.29) is 0 Å². The molecule has 0 radical (unpaired) electrons. The highest BCUT2D eigenvalue weighted by Gasteiger charge is 1.99. The predicted octanol–water partition coefficient (Wildman–Crippen LogP) is 3.09. The number of hydrogen-bond donors (Lipinski definition) is 1. The van der Waals surface area contributed by atoms with Crippen LogP contribution in [0.1, 0.15) is 20.3 Å². The third kappa shape index (κ3) is 2.69. The average Bonchev–Trinajstić information content (AvgIpc) is 2.28. The van der Waals surface area contributed by atoms with E-state index >= 15 is 0 Å². The summed E-state index contributed by atoms with van der Waals surface area (Å²) in [5.41, 5.74) is 1.88. The van der Waals surface area contributed by atoms with Crippen LogP contribution in [0.25, 0.3) is 11.0 Å². The molecule has 16 heavy (non-hydrogen) atoms. The summed E-state index contributed by atoms with van der Waals surface area (Å²) in [6.45, 7) is 5.38. The van der Waals surface area contributed by atoms with Crippen molar-refractivity contribution in [3.05, 3.63) is 30.5 Å². The second-order valence-corrected chi connectivity index (χ2v) is 4.35. The van der Waals surface area contributed by atoms with E-state index in [1.54, 1.807) is 6.20 Å². The molecule has 3 heteroatoms. The first-order valence-electron chi connectivity index (χ1n) is 5.71. The molecule has 0 spiro atoms. The number of aromatic nitrogens is 2. The molecule has 0 unspecified atom stereocenters. The van der Waals surface area contributed by atoms with Crippen LogP contribution in [0.5, 0.6) is 0 Å². The normalized spacial score (nSPS) is 10.9. The van der Waals surface area contributed by atoms with E-state index in [0.717, 1.165) is 29.8 Å². The first-order chi connectivity index (χ1) is 7.75. The van der Waals surface area contributed by atoms with Gasteiger partial charge >= 0.3 is 0 Å². The molecule has 0 amide bonds. The van der Waals surface area contributed by atoms with Gasteiger partial charge in [0.2, 0.25) is 0 Å². The van der Waals surface area contributed by atoms with E-state index in [4.69, 9.17) is 0 Å². The Hall–Kier alpha value is -1.64. The Balaban J connectivity index is 2.08. The highest BCUT2D eigenvalue weighted by atomic mass is 15.0. The highest BCUT2D eigenvalue weighted by molar-refractivity contribution is 5.75. The maximum Gasteiger partial charge on any atom is 0.145 e. The van der Waals surface area contributed by atoms with Gasteiger partial charge in [-0.25, -0.2) is 4.98 Å². The van der Waals surface area contributed by atoms with Crippen LogP contribution in [0.2, 0.25) is 0 Å². The molecule has 1 aromatic carbocycles. The van der Waals surface area contributed by atoms with Crippen LogP contribution in [0.4, 0.5) is 5.82 Å². The molecule has 1 heterocycles. The van der Waals surface area contributed by atoms with Crippen LogP contribution in [-0.2, 0) is 0 Å². The molecule has 0 atom stereocenters. The number of hydrogen-bond acceptors (Lipinski definition) is 3. The van der Waals surface area contributed by atoms with Crippen molar-refractivity contribution in [3.8, 4) is 0 Å². The Kier molecular flexibility index (Phi) is 3.34. The van der Waals surface area contributed by atoms with Crippen molar-refractivity contribution in [1.82, 2.24) is 9.97 Å². The Morgan fingerprint density at radius 1 is 1.19 bits per heavy atom. The standard InChI is InChI=1S/C13H17N3/c1-10(2)7-8-14-13-9-15-11-5-3-4-6-12(11)16-13/h3-6,9-10H,7-8H2,1-2H3,(H,14,16). The second kappa shape index (κ2) is 4.92. The van der Waals surface area contributed by atoms with E-state index in [2.05, 4.69) is 29.1 Å². The van der Waals surface area contributed by atoms with Crippen molar-refractivity contribution in [1.29, 1.82) is 0 Å². The average molecular weight is 215 g/mol. The molecule has 0 saturated carbocycles. The van der Waals surface area contributed by atoms with Crippen molar-refractivity contribution in [2.24, 2.45) is 5.92 Å². The molecule has 2 rings (SSSR count). The summed E-state index contributed by atoms with van der Waals surface area (Å²) in [6.07, 6.45) is 2.94. The van der Waals surface area contributed by atoms with E-state index in [1.165, 1.54) is 0 Å². The maximum absolute atomic E-state index is 4.50. The molecule has 84 valence electrons. The van der Waals surface area contributed by atoms with Crippen molar-refractivity contribution >= 4 is 16.9 Å². The van der Waals surface area contributed by atoms with Gasteiger partial charge in [-0.15, -0.1) is 0 Å². The van der Waals surface area contributed by atoms with Gasteiger partial charge in [0, 0.05) is 6.54 Å². The zero-order valence-electron chi connectivity index (χ0n) is 9.77. The minimum absolute atomic E-state index is 0.709. The van der Waals surface area contributed by atoms with Gasteiger partial charge in [-0.05, 0) is 24.5 Å². The molecule has 3 nitrogen and oxygen atoms in total. The molecule has 1 N–H and O–H groups in total. The minimum atomic E-state index is 0.709. The molecule has 0 aliphatic heterocycles. The Bertz CT molecular complexity index is 465. The van der Waals surface area contributed by atoms with Gasteiger partial charge in [0.25, 0.3) is 0 Å². The van der Waals surface area contributed by atoms with Crippen LogP contribution >= 0.6 is 0 Å². The highest BCUT2D eigenvalue weighted by Crippen LogP contribution is 2.11. The number of benzene rings is 1. The van der Waals surface area contributed by atoms with E-state index in [1.807, 2.05) is 24.3 Å². The van der Waals surface area contributed by atoms with Crippen LogP contribution in [0, 0.1) is 5.92 Å². The summed E-state index contributed by atoms with van der Waals surface area (Å²) in [7, 11) is 0. The first-order valence-corrected chi connectivity index (χ1v) is 5.71. The topological polar surface area (TPSA) is 37.8 Å². The van der Waals surface area contributed by atoms with Gasteiger partial charge in [-0.2, -0.15) is 0 Å². The first kappa shape index (κ1) is 10.9. The van der Waals surface area contributed by atoms with Gasteiger partial charge in [-0.3, -0.25) is 4.98 Å². The number of nitrogens with one attached hydrogen (secondary N) is 1. The molecule has 0 aliphatic carbocycles. The fourth-order valence-electron chi connectivity index (χ4n) is 1.53. The Morgan fingerprint density at radius 3 is 2.69 bits per heavy atom. The van der Waals surface area contributed by atoms with E-state index in [0.29, 0.717) is 5.92 Å². The number of nitrogens with zero attached hydrogens (tertiary/aromatic N) is 2. The number of anilines is 1. The second-order valence-electron chi connectivity index (χ2n) is 4.35. The fraction of sp³-hybridized carbons (Fsp3) is 0.385. The van der Waals surface area contributed by atoms with Crippen molar-refractivity contribution in [2.75, 3.05) is 11.9 Å². The van der Waals surface area contributed by atoms with Gasteiger partial charge < -0.3 is 5.32 Å². The lowest BCUT2D eigenvalue weighted by molar-refractivity contribution is 0.606. The number of para-hydroxylation sites is 2. The zero-order chi connectivity index (χ0) is 11.4. The van der Waals surface area contributed by atoms with Gasteiger partial charge in [-0.1, -0.05) is 26.0 Å². The summed E-state index contributed by atoms with van der Waals surface area (Å²) in [5, 5.41) is 3.29. The zero-order valence-corrected chi connectivity index (χ0v) is 9.77. The molecule has 2 aromatic rings. The lowest BCUT2D eigenvalue weighted by atomic mass is 10.1. The summed E-state index contributed by atoms with van der Waals surface area (Å²) in [5.74, 6) is 1.57. The molecular weight excluding hydrogens is 198 g/mol. The third-order valence-corrected chi connectivity index (χ3v) is 2.48. The predicted molar refractivity (Wildman–Crippen MR) is 67.5 cm³/mol. The van der Waals surface area contributed by atoms with Crippen LogP contribution in [0.15, 0.2) is 30.5 Å². The molecule has 0 fully saturated rings. The summed E-state index contributed by atoms with van der Waals surface area (Å²) in [6, 6.07) is 7.91. The van der Waals surface area contributed by atoms with Gasteiger partial charge in [0.05, 0.1) is 17.2 Å².